The number of anilines is 2. The third-order valence-electron chi connectivity index (χ3n) is 8.94. The fourth-order valence-electron chi connectivity index (χ4n) is 7.12. The number of hydrogen-bond donors (Lipinski definition) is 1. The quantitative estimate of drug-likeness (QED) is 0.356. The molecule has 42 heavy (non-hydrogen) atoms. The molecule has 1 spiro atoms. The first-order valence-corrected chi connectivity index (χ1v) is 15.7. The molecule has 6 atom stereocenters. The second kappa shape index (κ2) is 12.3. The third-order valence-corrected chi connectivity index (χ3v) is 11.2. The minimum absolute atomic E-state index is 0.0975. The minimum atomic E-state index is -0.872. The number of nitrogens with zero attached hydrogens (tertiary/aromatic N) is 3. The Labute approximate surface area is 257 Å². The number of fused-ring (bicyclic) bond motifs is 1. The summed E-state index contributed by atoms with van der Waals surface area (Å²) in [7, 11) is 0. The summed E-state index contributed by atoms with van der Waals surface area (Å²) >= 11 is 8.19. The van der Waals surface area contributed by atoms with Crippen LogP contribution in [0.15, 0.2) is 79.9 Å². The van der Waals surface area contributed by atoms with Crippen LogP contribution in [0.4, 0.5) is 11.4 Å². The molecule has 9 heteroatoms. The van der Waals surface area contributed by atoms with Crippen molar-refractivity contribution in [3.05, 3.63) is 84.9 Å². The van der Waals surface area contributed by atoms with Crippen LogP contribution in [0.3, 0.4) is 0 Å². The van der Waals surface area contributed by atoms with E-state index in [1.54, 1.807) is 56.8 Å². The van der Waals surface area contributed by atoms with Crippen LogP contribution in [-0.2, 0) is 14.4 Å². The number of para-hydroxylation sites is 2. The smallest absolute Gasteiger partial charge is 0.251 e. The first-order valence-electron chi connectivity index (χ1n) is 14.5. The van der Waals surface area contributed by atoms with Crippen LogP contribution in [0.1, 0.15) is 26.7 Å². The van der Waals surface area contributed by atoms with Gasteiger partial charge in [-0.2, -0.15) is 0 Å². The predicted molar refractivity (Wildman–Crippen MR) is 170 cm³/mol. The Morgan fingerprint density at radius 1 is 1.07 bits per heavy atom. The number of hydrogen-bond acceptors (Lipinski definition) is 5. The molecule has 7 nitrogen and oxygen atoms in total. The maximum atomic E-state index is 14.8. The molecule has 2 aromatic carbocycles. The Kier molecular flexibility index (Phi) is 8.88. The highest BCUT2D eigenvalue weighted by Gasteiger charge is 2.74. The summed E-state index contributed by atoms with van der Waals surface area (Å²) in [5, 5.41) is 10.9. The third kappa shape index (κ3) is 4.87. The van der Waals surface area contributed by atoms with E-state index in [0.29, 0.717) is 23.7 Å². The molecular formula is C33H38ClN3O4S. The summed E-state index contributed by atoms with van der Waals surface area (Å²) in [6, 6.07) is 15.1. The number of benzene rings is 2. The van der Waals surface area contributed by atoms with Gasteiger partial charge in [0.2, 0.25) is 11.8 Å². The van der Waals surface area contributed by atoms with Gasteiger partial charge >= 0.3 is 0 Å². The summed E-state index contributed by atoms with van der Waals surface area (Å²) in [6.07, 6.45) is 4.68. The number of carbonyl (C=O) groups excluding carboxylic acids is 3. The molecule has 0 aromatic heterocycles. The number of thioether (sulfide) groups is 1. The zero-order valence-corrected chi connectivity index (χ0v) is 25.6. The lowest BCUT2D eigenvalue weighted by Gasteiger charge is -2.40. The predicted octanol–water partition coefficient (Wildman–Crippen LogP) is 5.19. The zero-order valence-electron chi connectivity index (χ0n) is 24.1. The number of halogens is 1. The summed E-state index contributed by atoms with van der Waals surface area (Å²) in [5.41, 5.74) is 1.28. The van der Waals surface area contributed by atoms with Crippen molar-refractivity contribution in [3.63, 3.8) is 0 Å². The van der Waals surface area contributed by atoms with Gasteiger partial charge < -0.3 is 19.8 Å². The van der Waals surface area contributed by atoms with Gasteiger partial charge in [0.05, 0.1) is 39.9 Å². The van der Waals surface area contributed by atoms with E-state index >= 15 is 0 Å². The highest BCUT2D eigenvalue weighted by Crippen LogP contribution is 2.67. The lowest BCUT2D eigenvalue weighted by atomic mass is 9.70. The van der Waals surface area contributed by atoms with Gasteiger partial charge in [-0.15, -0.1) is 24.9 Å². The van der Waals surface area contributed by atoms with Gasteiger partial charge in [-0.1, -0.05) is 67.9 Å². The summed E-state index contributed by atoms with van der Waals surface area (Å²) in [4.78, 5) is 48.6. The molecule has 3 heterocycles. The number of rotatable bonds is 11. The fraction of sp³-hybridized carbons (Fsp3) is 0.424. The van der Waals surface area contributed by atoms with Crippen LogP contribution in [0.2, 0.25) is 5.02 Å². The topological polar surface area (TPSA) is 81.2 Å². The van der Waals surface area contributed by atoms with Crippen molar-refractivity contribution in [1.82, 2.24) is 4.90 Å². The number of aliphatic hydroxyl groups excluding tert-OH is 1. The van der Waals surface area contributed by atoms with Gasteiger partial charge in [-0.25, -0.2) is 0 Å². The number of amides is 3. The highest BCUT2D eigenvalue weighted by atomic mass is 35.5. The van der Waals surface area contributed by atoms with Crippen LogP contribution in [0.5, 0.6) is 0 Å². The highest BCUT2D eigenvalue weighted by molar-refractivity contribution is 8.02. The fourth-order valence-corrected chi connectivity index (χ4v) is 9.55. The Morgan fingerprint density at radius 2 is 1.71 bits per heavy atom. The van der Waals surface area contributed by atoms with E-state index in [0.717, 1.165) is 12.1 Å². The normalized spacial score (nSPS) is 26.7. The number of aliphatic hydroxyl groups is 1. The van der Waals surface area contributed by atoms with Gasteiger partial charge in [0.1, 0.15) is 6.04 Å². The van der Waals surface area contributed by atoms with Gasteiger partial charge in [0, 0.05) is 24.0 Å². The van der Waals surface area contributed by atoms with Gasteiger partial charge in [-0.3, -0.25) is 14.4 Å². The maximum absolute atomic E-state index is 14.8. The van der Waals surface area contributed by atoms with Crippen LogP contribution in [0.25, 0.3) is 0 Å². The molecule has 0 aliphatic carbocycles. The van der Waals surface area contributed by atoms with Crippen molar-refractivity contribution in [2.45, 2.75) is 48.8 Å². The molecular weight excluding hydrogens is 570 g/mol. The number of carbonyl (C=O) groups is 3. The first-order chi connectivity index (χ1) is 20.2. The van der Waals surface area contributed by atoms with Crippen molar-refractivity contribution >= 4 is 52.5 Å². The molecule has 3 aliphatic heterocycles. The molecule has 222 valence electrons. The maximum Gasteiger partial charge on any atom is 0.251 e. The van der Waals surface area contributed by atoms with Crippen LogP contribution in [0, 0.1) is 17.8 Å². The van der Waals surface area contributed by atoms with Crippen LogP contribution >= 0.6 is 23.4 Å². The van der Waals surface area contributed by atoms with E-state index in [2.05, 4.69) is 13.2 Å². The Hall–Kier alpha value is -3.07. The van der Waals surface area contributed by atoms with E-state index in [4.69, 9.17) is 11.6 Å². The van der Waals surface area contributed by atoms with Crippen molar-refractivity contribution in [2.24, 2.45) is 17.8 Å². The second-order valence-corrected chi connectivity index (χ2v) is 13.6. The zero-order chi connectivity index (χ0) is 30.2. The molecule has 2 aromatic rings. The minimum Gasteiger partial charge on any atom is -0.394 e. The molecule has 0 radical (unpaired) electrons. The average molecular weight is 608 g/mol. The van der Waals surface area contributed by atoms with E-state index in [1.807, 2.05) is 50.2 Å². The lowest BCUT2D eigenvalue weighted by molar-refractivity contribution is -0.142. The van der Waals surface area contributed by atoms with Gasteiger partial charge in [0.15, 0.2) is 0 Å². The lowest BCUT2D eigenvalue weighted by Crippen LogP contribution is -2.58. The monoisotopic (exact) mass is 607 g/mol. The SMILES string of the molecule is C=CCN(C(=O)[C@@H]1[C@@H]2CCC3(S2)C(C(=O)N(CC=C)c2ccccc2Cl)N([C@@H](CO)C(C)C)C(=O)[C@H]13)c1ccccc1. The van der Waals surface area contributed by atoms with Crippen molar-refractivity contribution < 1.29 is 19.5 Å². The largest absolute Gasteiger partial charge is 0.394 e. The Balaban J connectivity index is 1.62. The molecule has 2 unspecified atom stereocenters. The second-order valence-electron chi connectivity index (χ2n) is 11.6. The molecule has 0 saturated carbocycles. The van der Waals surface area contributed by atoms with Gasteiger partial charge in [0.25, 0.3) is 5.91 Å². The molecule has 3 amide bonds. The summed E-state index contributed by atoms with van der Waals surface area (Å²) in [5.74, 6) is -2.05. The summed E-state index contributed by atoms with van der Waals surface area (Å²) in [6.45, 7) is 11.8. The van der Waals surface area contributed by atoms with Crippen LogP contribution < -0.4 is 9.80 Å². The Bertz CT molecular complexity index is 1370. The summed E-state index contributed by atoms with van der Waals surface area (Å²) < 4.78 is -0.807. The standard InChI is InChI=1S/C33H38ClN3O4S/c1-5-18-35(22-12-8-7-9-13-22)30(39)27-26-16-17-33(42-26)28(27)31(40)37(25(20-38)21(3)4)29(33)32(41)36(19-6-2)24-15-11-10-14-23(24)34/h5-15,21,25-29,38H,1-2,16-20H2,3-4H3/t25-,26-,27+,28-,29?,33?/m0/s1. The van der Waals surface area contributed by atoms with Crippen LogP contribution in [-0.4, -0.2) is 69.5 Å². The molecule has 2 bridgehead atoms. The van der Waals surface area contributed by atoms with E-state index in [1.165, 1.54) is 0 Å². The Morgan fingerprint density at radius 3 is 2.33 bits per heavy atom. The molecule has 3 aliphatic rings. The molecule has 1 N–H and O–H groups in total. The van der Waals surface area contributed by atoms with Crippen molar-refractivity contribution in [3.8, 4) is 0 Å². The molecule has 3 saturated heterocycles. The van der Waals surface area contributed by atoms with Crippen molar-refractivity contribution in [2.75, 3.05) is 29.5 Å². The molecule has 5 rings (SSSR count). The van der Waals surface area contributed by atoms with Gasteiger partial charge in [-0.05, 0) is 43.0 Å². The van der Waals surface area contributed by atoms with E-state index in [9.17, 15) is 19.5 Å². The van der Waals surface area contributed by atoms with Crippen molar-refractivity contribution in [1.29, 1.82) is 0 Å². The first kappa shape index (κ1) is 30.4. The van der Waals surface area contributed by atoms with E-state index < -0.39 is 28.7 Å². The molecule has 3 fully saturated rings. The van der Waals surface area contributed by atoms with E-state index in [-0.39, 0.29) is 42.0 Å². The average Bonchev–Trinajstić information content (AvgIpc) is 3.63. The number of likely N-dealkylation sites (tertiary alicyclic amines) is 1.